The Kier molecular flexibility index (Phi) is 3.52. The fraction of sp³-hybridized carbons (Fsp3) is 0.467. The van der Waals surface area contributed by atoms with E-state index in [1.165, 1.54) is 36.1 Å². The molecular weight excluding hydrogens is 242 g/mol. The highest BCUT2D eigenvalue weighted by Crippen LogP contribution is 2.35. The van der Waals surface area contributed by atoms with Crippen molar-refractivity contribution in [2.75, 3.05) is 6.54 Å². The molecule has 1 aliphatic carbocycles. The lowest BCUT2D eigenvalue weighted by atomic mass is 9.98. The Morgan fingerprint density at radius 1 is 1.39 bits per heavy atom. The number of furan rings is 1. The summed E-state index contributed by atoms with van der Waals surface area (Å²) < 4.78 is 5.23. The smallest absolute Gasteiger partial charge is 0.0954 e. The molecule has 2 nitrogen and oxygen atoms in total. The van der Waals surface area contributed by atoms with Gasteiger partial charge in [-0.1, -0.05) is 6.92 Å². The summed E-state index contributed by atoms with van der Waals surface area (Å²) in [5.74, 6) is 0. The average Bonchev–Trinajstić information content (AvgIpc) is 3.04. The van der Waals surface area contributed by atoms with Gasteiger partial charge in [0.2, 0.25) is 0 Å². The first-order valence-corrected chi connectivity index (χ1v) is 7.57. The van der Waals surface area contributed by atoms with E-state index in [1.54, 1.807) is 16.7 Å². The molecule has 0 spiro atoms. The zero-order valence-electron chi connectivity index (χ0n) is 10.7. The van der Waals surface area contributed by atoms with Crippen molar-refractivity contribution in [3.8, 4) is 0 Å². The summed E-state index contributed by atoms with van der Waals surface area (Å²) in [4.78, 5) is 3.03. The first-order valence-electron chi connectivity index (χ1n) is 6.75. The van der Waals surface area contributed by atoms with Gasteiger partial charge in [-0.15, -0.1) is 11.3 Å². The molecule has 96 valence electrons. The van der Waals surface area contributed by atoms with Gasteiger partial charge in [-0.05, 0) is 49.9 Å². The van der Waals surface area contributed by atoms with E-state index in [4.69, 9.17) is 4.42 Å². The van der Waals surface area contributed by atoms with Crippen molar-refractivity contribution in [1.82, 2.24) is 5.32 Å². The van der Waals surface area contributed by atoms with Crippen molar-refractivity contribution in [2.24, 2.45) is 0 Å². The largest absolute Gasteiger partial charge is 0.472 e. The van der Waals surface area contributed by atoms with Crippen LogP contribution >= 0.6 is 11.3 Å². The number of aryl methyl sites for hydroxylation is 2. The maximum atomic E-state index is 5.23. The molecule has 0 amide bonds. The van der Waals surface area contributed by atoms with Gasteiger partial charge in [0.1, 0.15) is 0 Å². The molecule has 0 fully saturated rings. The zero-order valence-corrected chi connectivity index (χ0v) is 11.6. The summed E-state index contributed by atoms with van der Waals surface area (Å²) >= 11 is 1.98. The molecule has 2 heterocycles. The van der Waals surface area contributed by atoms with Crippen LogP contribution < -0.4 is 5.32 Å². The normalized spacial score (nSPS) is 16.5. The number of thiophene rings is 1. The molecule has 3 rings (SSSR count). The molecule has 1 unspecified atom stereocenters. The second-order valence-corrected chi connectivity index (χ2v) is 6.02. The molecule has 1 aliphatic rings. The maximum absolute atomic E-state index is 5.23. The lowest BCUT2D eigenvalue weighted by Gasteiger charge is -2.14. The number of fused-ring (bicyclic) bond motifs is 1. The van der Waals surface area contributed by atoms with Gasteiger partial charge in [0, 0.05) is 15.3 Å². The van der Waals surface area contributed by atoms with Gasteiger partial charge in [-0.2, -0.15) is 0 Å². The van der Waals surface area contributed by atoms with Crippen LogP contribution in [0.15, 0.2) is 29.1 Å². The molecule has 0 bridgehead atoms. The Bertz CT molecular complexity index is 477. The van der Waals surface area contributed by atoms with Crippen LogP contribution in [0.5, 0.6) is 0 Å². The Morgan fingerprint density at radius 3 is 3.00 bits per heavy atom. The predicted molar refractivity (Wildman–Crippen MR) is 75.2 cm³/mol. The topological polar surface area (TPSA) is 25.2 Å². The van der Waals surface area contributed by atoms with Crippen molar-refractivity contribution in [3.63, 3.8) is 0 Å². The number of nitrogens with one attached hydrogen (secondary N) is 1. The van der Waals surface area contributed by atoms with E-state index < -0.39 is 0 Å². The van der Waals surface area contributed by atoms with E-state index in [1.807, 2.05) is 17.6 Å². The van der Waals surface area contributed by atoms with Crippen molar-refractivity contribution in [3.05, 3.63) is 45.5 Å². The summed E-state index contributed by atoms with van der Waals surface area (Å²) in [5.41, 5.74) is 2.81. The second-order valence-electron chi connectivity index (χ2n) is 4.85. The summed E-state index contributed by atoms with van der Waals surface area (Å²) in [6.07, 6.45) is 8.84. The van der Waals surface area contributed by atoms with E-state index in [2.05, 4.69) is 24.4 Å². The minimum atomic E-state index is 0.296. The van der Waals surface area contributed by atoms with E-state index in [0.717, 1.165) is 6.54 Å². The number of hydrogen-bond acceptors (Lipinski definition) is 3. The molecule has 2 aromatic heterocycles. The van der Waals surface area contributed by atoms with Crippen molar-refractivity contribution in [2.45, 2.75) is 38.6 Å². The molecule has 0 aromatic carbocycles. The van der Waals surface area contributed by atoms with Gasteiger partial charge >= 0.3 is 0 Å². The first kappa shape index (κ1) is 12.0. The molecule has 18 heavy (non-hydrogen) atoms. The van der Waals surface area contributed by atoms with Gasteiger partial charge < -0.3 is 9.73 Å². The minimum absolute atomic E-state index is 0.296. The first-order chi connectivity index (χ1) is 8.88. The van der Waals surface area contributed by atoms with E-state index in [0.29, 0.717) is 6.04 Å². The highest BCUT2D eigenvalue weighted by atomic mass is 32.1. The van der Waals surface area contributed by atoms with Gasteiger partial charge in [0.15, 0.2) is 0 Å². The van der Waals surface area contributed by atoms with Crippen LogP contribution in [0.1, 0.15) is 46.7 Å². The quantitative estimate of drug-likeness (QED) is 0.902. The molecule has 0 saturated heterocycles. The van der Waals surface area contributed by atoms with Crippen LogP contribution in [0, 0.1) is 0 Å². The highest BCUT2D eigenvalue weighted by Gasteiger charge is 2.20. The average molecular weight is 261 g/mol. The summed E-state index contributed by atoms with van der Waals surface area (Å²) in [6, 6.07) is 4.76. The molecule has 1 N–H and O–H groups in total. The Hall–Kier alpha value is -1.06. The van der Waals surface area contributed by atoms with Crippen LogP contribution in [-0.2, 0) is 12.8 Å². The standard InChI is InChI=1S/C15H19NOS/c1-2-16-15(12-7-8-17-10-12)14-9-11-5-3-4-6-13(11)18-14/h7-10,15-16H,2-6H2,1H3. The molecule has 2 aromatic rings. The third-order valence-electron chi connectivity index (χ3n) is 3.58. The molecular formula is C15H19NOS. The predicted octanol–water partition coefficient (Wildman–Crippen LogP) is 3.92. The molecule has 0 saturated carbocycles. The van der Waals surface area contributed by atoms with Crippen molar-refractivity contribution >= 4 is 11.3 Å². The summed E-state index contributed by atoms with van der Waals surface area (Å²) in [7, 11) is 0. The summed E-state index contributed by atoms with van der Waals surface area (Å²) in [6.45, 7) is 3.12. The van der Waals surface area contributed by atoms with E-state index in [9.17, 15) is 0 Å². The van der Waals surface area contributed by atoms with Gasteiger partial charge in [-0.25, -0.2) is 0 Å². The second kappa shape index (κ2) is 5.29. The molecule has 0 aliphatic heterocycles. The van der Waals surface area contributed by atoms with Crippen LogP contribution in [0.2, 0.25) is 0 Å². The van der Waals surface area contributed by atoms with E-state index in [-0.39, 0.29) is 0 Å². The summed E-state index contributed by atoms with van der Waals surface area (Å²) in [5, 5.41) is 3.56. The fourth-order valence-electron chi connectivity index (χ4n) is 2.68. The van der Waals surface area contributed by atoms with E-state index >= 15 is 0 Å². The monoisotopic (exact) mass is 261 g/mol. The van der Waals surface area contributed by atoms with Crippen LogP contribution in [0.25, 0.3) is 0 Å². The lowest BCUT2D eigenvalue weighted by Crippen LogP contribution is -2.20. The van der Waals surface area contributed by atoms with Gasteiger partial charge in [0.05, 0.1) is 18.6 Å². The van der Waals surface area contributed by atoms with Crippen molar-refractivity contribution < 1.29 is 4.42 Å². The maximum Gasteiger partial charge on any atom is 0.0954 e. The number of rotatable bonds is 4. The third kappa shape index (κ3) is 2.25. The Labute approximate surface area is 112 Å². The zero-order chi connectivity index (χ0) is 12.4. The minimum Gasteiger partial charge on any atom is -0.472 e. The fourth-order valence-corrected chi connectivity index (χ4v) is 4.04. The van der Waals surface area contributed by atoms with Crippen LogP contribution in [0.4, 0.5) is 0 Å². The molecule has 1 atom stereocenters. The molecule has 3 heteroatoms. The van der Waals surface area contributed by atoms with Gasteiger partial charge in [-0.3, -0.25) is 0 Å². The van der Waals surface area contributed by atoms with Crippen LogP contribution in [0.3, 0.4) is 0 Å². The molecule has 0 radical (unpaired) electrons. The SMILES string of the molecule is CCNC(c1ccoc1)c1cc2c(s1)CCCC2. The number of hydrogen-bond donors (Lipinski definition) is 1. The Balaban J connectivity index is 1.92. The van der Waals surface area contributed by atoms with Gasteiger partial charge in [0.25, 0.3) is 0 Å². The Morgan fingerprint density at radius 2 is 2.28 bits per heavy atom. The van der Waals surface area contributed by atoms with Crippen molar-refractivity contribution in [1.29, 1.82) is 0 Å². The van der Waals surface area contributed by atoms with Crippen LogP contribution in [-0.4, -0.2) is 6.54 Å². The lowest BCUT2D eigenvalue weighted by molar-refractivity contribution is 0.554. The third-order valence-corrected chi connectivity index (χ3v) is 4.89. The highest BCUT2D eigenvalue weighted by molar-refractivity contribution is 7.12.